The van der Waals surface area contributed by atoms with Crippen molar-refractivity contribution in [1.82, 2.24) is 9.71 Å². The van der Waals surface area contributed by atoms with E-state index in [1.165, 1.54) is 24.5 Å². The molecule has 1 aromatic carbocycles. The normalized spacial score (nSPS) is 12.0. The maximum Gasteiger partial charge on any atom is 0.307 e. The maximum atomic E-state index is 12.5. The number of aromatic nitrogens is 1. The van der Waals surface area contributed by atoms with Crippen LogP contribution in [0.4, 0.5) is 5.69 Å². The maximum absolute atomic E-state index is 12.5. The van der Waals surface area contributed by atoms with E-state index in [0.717, 1.165) is 4.42 Å². The first-order valence-electron chi connectivity index (χ1n) is 8.30. The summed E-state index contributed by atoms with van der Waals surface area (Å²) >= 11 is 5.96. The molecule has 0 saturated carbocycles. The molecule has 0 aliphatic carbocycles. The molecule has 11 heteroatoms. The molecule has 9 nitrogen and oxygen atoms in total. The molecule has 2 rings (SSSR count). The number of rotatable bonds is 6. The second-order valence-electron chi connectivity index (χ2n) is 6.94. The van der Waals surface area contributed by atoms with Crippen molar-refractivity contribution < 1.29 is 17.9 Å². The molecule has 0 atom stereocenters. The highest BCUT2D eigenvalue weighted by Crippen LogP contribution is 2.28. The van der Waals surface area contributed by atoms with Crippen LogP contribution in [0.5, 0.6) is 0 Å². The first-order valence-corrected chi connectivity index (χ1v) is 10.1. The Morgan fingerprint density at radius 3 is 2.64 bits per heavy atom. The van der Waals surface area contributed by atoms with Crippen LogP contribution in [0.1, 0.15) is 27.2 Å². The summed E-state index contributed by atoms with van der Waals surface area (Å²) in [6.45, 7) is 5.12. The van der Waals surface area contributed by atoms with Crippen LogP contribution in [-0.4, -0.2) is 37.5 Å². The van der Waals surface area contributed by atoms with Gasteiger partial charge in [-0.05, 0) is 32.9 Å². The molecule has 0 spiro atoms. The van der Waals surface area contributed by atoms with Gasteiger partial charge in [0.2, 0.25) is 16.0 Å². The number of anilines is 1. The molecular weight excluding hydrogens is 406 g/mol. The Morgan fingerprint density at radius 1 is 1.36 bits per heavy atom. The Kier molecular flexibility index (Phi) is 6.48. The van der Waals surface area contributed by atoms with E-state index in [9.17, 15) is 13.2 Å². The molecule has 1 aromatic heterocycles. The minimum atomic E-state index is -3.84. The van der Waals surface area contributed by atoms with Gasteiger partial charge in [0.05, 0.1) is 23.2 Å². The Labute approximate surface area is 168 Å². The second-order valence-corrected chi connectivity index (χ2v) is 9.05. The average Bonchev–Trinajstić information content (AvgIpc) is 2.58. The highest BCUT2D eigenvalue weighted by molar-refractivity contribution is 7.89. The zero-order chi connectivity index (χ0) is 21.1. The number of fused-ring (bicyclic) bond motifs is 1. The largest absolute Gasteiger partial charge is 0.460 e. The van der Waals surface area contributed by atoms with E-state index in [2.05, 4.69) is 9.71 Å². The van der Waals surface area contributed by atoms with Gasteiger partial charge < -0.3 is 10.5 Å². The molecule has 0 aliphatic rings. The van der Waals surface area contributed by atoms with Gasteiger partial charge in [0.25, 0.3) is 0 Å². The van der Waals surface area contributed by atoms with Crippen LogP contribution in [0.15, 0.2) is 35.5 Å². The lowest BCUT2D eigenvalue weighted by Gasteiger charge is -2.19. The van der Waals surface area contributed by atoms with Crippen LogP contribution in [-0.2, 0) is 19.6 Å². The lowest BCUT2D eigenvalue weighted by atomic mass is 10.1. The number of carbonyl (C=O) groups is 1. The molecule has 0 bridgehead atoms. The van der Waals surface area contributed by atoms with Crippen LogP contribution >= 0.6 is 11.8 Å². The number of ether oxygens (including phenoxy) is 1. The fourth-order valence-electron chi connectivity index (χ4n) is 2.36. The SMILES string of the molecule is CC(C)(C)OC(=O)CCNS(=O)(=O)c1ccc2c(N(Cl)C(=N)N)cncc2c1. The highest BCUT2D eigenvalue weighted by Gasteiger charge is 2.19. The van der Waals surface area contributed by atoms with Crippen LogP contribution in [0.2, 0.25) is 0 Å². The molecule has 152 valence electrons. The van der Waals surface area contributed by atoms with Crippen molar-refractivity contribution in [3.05, 3.63) is 30.6 Å². The standard InChI is InChI=1S/C17H22ClN5O4S/c1-17(2,3)27-15(24)6-7-22-28(25,26)12-4-5-13-11(8-12)9-21-10-14(13)23(18)16(19)20/h4-5,8-10,22H,6-7H2,1-3H3,(H3,19,20). The average molecular weight is 428 g/mol. The van der Waals surface area contributed by atoms with E-state index in [-0.39, 0.29) is 17.9 Å². The predicted octanol–water partition coefficient (Wildman–Crippen LogP) is 2.10. The number of nitrogens with zero attached hydrogens (tertiary/aromatic N) is 2. The van der Waals surface area contributed by atoms with Gasteiger partial charge in [0.1, 0.15) is 5.60 Å². The summed E-state index contributed by atoms with van der Waals surface area (Å²) in [5.41, 5.74) is 5.11. The van der Waals surface area contributed by atoms with Crippen molar-refractivity contribution in [1.29, 1.82) is 5.41 Å². The minimum absolute atomic E-state index is 0.00656. The van der Waals surface area contributed by atoms with E-state index < -0.39 is 27.6 Å². The predicted molar refractivity (Wildman–Crippen MR) is 108 cm³/mol. The molecule has 0 radical (unpaired) electrons. The summed E-state index contributed by atoms with van der Waals surface area (Å²) in [4.78, 5) is 15.7. The third-order valence-corrected chi connectivity index (χ3v) is 5.31. The van der Waals surface area contributed by atoms with E-state index in [1.807, 2.05) is 0 Å². The zero-order valence-corrected chi connectivity index (χ0v) is 17.3. The number of hydrogen-bond donors (Lipinski definition) is 3. The molecule has 0 aliphatic heterocycles. The minimum Gasteiger partial charge on any atom is -0.460 e. The van der Waals surface area contributed by atoms with Crippen LogP contribution in [0.25, 0.3) is 10.8 Å². The van der Waals surface area contributed by atoms with Crippen LogP contribution in [0, 0.1) is 5.41 Å². The number of benzene rings is 1. The first-order chi connectivity index (χ1) is 12.9. The Hall–Kier alpha value is -2.43. The fraction of sp³-hybridized carbons (Fsp3) is 0.353. The van der Waals surface area contributed by atoms with Gasteiger partial charge in [-0.2, -0.15) is 0 Å². The lowest BCUT2D eigenvalue weighted by Crippen LogP contribution is -2.29. The molecule has 0 saturated heterocycles. The van der Waals surface area contributed by atoms with E-state index in [0.29, 0.717) is 16.5 Å². The first kappa shape index (κ1) is 21.9. The molecular formula is C17H22ClN5O4S. The van der Waals surface area contributed by atoms with E-state index in [1.54, 1.807) is 26.8 Å². The quantitative estimate of drug-likeness (QED) is 0.277. The number of hydrogen-bond acceptors (Lipinski definition) is 6. The molecule has 0 fully saturated rings. The molecule has 0 unspecified atom stereocenters. The number of nitrogens with two attached hydrogens (primary N) is 1. The molecule has 1 heterocycles. The highest BCUT2D eigenvalue weighted by atomic mass is 35.5. The Balaban J connectivity index is 2.18. The van der Waals surface area contributed by atoms with Crippen molar-refractivity contribution in [3.63, 3.8) is 0 Å². The molecule has 28 heavy (non-hydrogen) atoms. The Bertz CT molecular complexity index is 1000. The van der Waals surface area contributed by atoms with Crippen molar-refractivity contribution in [2.45, 2.75) is 37.7 Å². The van der Waals surface area contributed by atoms with Gasteiger partial charge in [-0.3, -0.25) is 15.2 Å². The Morgan fingerprint density at radius 2 is 2.04 bits per heavy atom. The fourth-order valence-corrected chi connectivity index (χ4v) is 3.56. The summed E-state index contributed by atoms with van der Waals surface area (Å²) in [7, 11) is -3.84. The van der Waals surface area contributed by atoms with Gasteiger partial charge >= 0.3 is 5.97 Å². The second kappa shape index (κ2) is 8.29. The van der Waals surface area contributed by atoms with Crippen molar-refractivity contribution in [3.8, 4) is 0 Å². The monoisotopic (exact) mass is 427 g/mol. The third-order valence-electron chi connectivity index (χ3n) is 3.48. The summed E-state index contributed by atoms with van der Waals surface area (Å²) in [6.07, 6.45) is 2.81. The molecule has 0 amide bonds. The van der Waals surface area contributed by atoms with Gasteiger partial charge in [-0.1, -0.05) is 6.07 Å². The number of esters is 1. The number of carbonyl (C=O) groups excluding carboxylic acids is 1. The van der Waals surface area contributed by atoms with Gasteiger partial charge in [-0.15, -0.1) is 0 Å². The molecule has 2 aromatic rings. The topological polar surface area (TPSA) is 138 Å². The van der Waals surface area contributed by atoms with Crippen molar-refractivity contribution in [2.75, 3.05) is 11.0 Å². The number of sulfonamides is 1. The van der Waals surface area contributed by atoms with E-state index in [4.69, 9.17) is 27.7 Å². The van der Waals surface area contributed by atoms with Gasteiger partial charge in [-0.25, -0.2) is 17.6 Å². The van der Waals surface area contributed by atoms with E-state index >= 15 is 0 Å². The molecule has 4 N–H and O–H groups in total. The number of halogens is 1. The van der Waals surface area contributed by atoms with Crippen LogP contribution < -0.4 is 14.9 Å². The summed E-state index contributed by atoms with van der Waals surface area (Å²) < 4.78 is 33.4. The summed E-state index contributed by atoms with van der Waals surface area (Å²) in [5.74, 6) is -0.884. The van der Waals surface area contributed by atoms with Crippen molar-refractivity contribution >= 4 is 50.2 Å². The number of guanidine groups is 1. The third kappa shape index (κ3) is 5.54. The zero-order valence-electron chi connectivity index (χ0n) is 15.7. The smallest absolute Gasteiger partial charge is 0.307 e. The van der Waals surface area contributed by atoms with Gasteiger partial charge in [0, 0.05) is 35.3 Å². The van der Waals surface area contributed by atoms with Crippen molar-refractivity contribution in [2.24, 2.45) is 5.73 Å². The van der Waals surface area contributed by atoms with Gasteiger partial charge in [0.15, 0.2) is 0 Å². The summed E-state index contributed by atoms with van der Waals surface area (Å²) in [5, 5.41) is 8.50. The lowest BCUT2D eigenvalue weighted by molar-refractivity contribution is -0.154. The number of pyridine rings is 1. The summed E-state index contributed by atoms with van der Waals surface area (Å²) in [6, 6.07) is 4.37. The van der Waals surface area contributed by atoms with Crippen LogP contribution in [0.3, 0.4) is 0 Å². The number of nitrogens with one attached hydrogen (secondary N) is 2.